The number of hydrogen-bond acceptors (Lipinski definition) is 2. The van der Waals surface area contributed by atoms with Crippen molar-refractivity contribution < 1.29 is 4.74 Å². The number of benzene rings is 1. The van der Waals surface area contributed by atoms with Crippen molar-refractivity contribution in [3.63, 3.8) is 0 Å². The van der Waals surface area contributed by atoms with Gasteiger partial charge in [-0.3, -0.25) is 0 Å². The molecule has 1 aliphatic carbocycles. The molecule has 0 radical (unpaired) electrons. The predicted octanol–water partition coefficient (Wildman–Crippen LogP) is 4.30. The van der Waals surface area contributed by atoms with Gasteiger partial charge in [-0.15, -0.1) is 0 Å². The highest BCUT2D eigenvalue weighted by atomic mass is 16.5. The van der Waals surface area contributed by atoms with Crippen molar-refractivity contribution in [1.29, 1.82) is 0 Å². The normalized spacial score (nSPS) is 25.6. The molecule has 0 bridgehead atoms. The summed E-state index contributed by atoms with van der Waals surface area (Å²) in [7, 11) is 0. The average molecular weight is 287 g/mol. The SMILES string of the molecule is CCNC(c1ccc(C)c(C)c1)C1CCOC2(CCC2)C1. The summed E-state index contributed by atoms with van der Waals surface area (Å²) in [6, 6.07) is 7.45. The molecule has 116 valence electrons. The zero-order chi connectivity index (χ0) is 14.9. The lowest BCUT2D eigenvalue weighted by Gasteiger charge is -2.49. The maximum Gasteiger partial charge on any atom is 0.0686 e. The molecule has 1 heterocycles. The van der Waals surface area contributed by atoms with Gasteiger partial charge in [0.05, 0.1) is 5.60 Å². The summed E-state index contributed by atoms with van der Waals surface area (Å²) in [6.07, 6.45) is 6.32. The van der Waals surface area contributed by atoms with Gasteiger partial charge in [0, 0.05) is 12.6 Å². The summed E-state index contributed by atoms with van der Waals surface area (Å²) in [5.74, 6) is 0.709. The van der Waals surface area contributed by atoms with Crippen LogP contribution in [0.3, 0.4) is 0 Å². The molecule has 2 nitrogen and oxygen atoms in total. The third-order valence-corrected chi connectivity index (χ3v) is 5.58. The first kappa shape index (κ1) is 15.1. The van der Waals surface area contributed by atoms with Gasteiger partial charge in [-0.1, -0.05) is 25.1 Å². The smallest absolute Gasteiger partial charge is 0.0686 e. The first-order valence-electron chi connectivity index (χ1n) is 8.58. The molecule has 3 rings (SSSR count). The Kier molecular flexibility index (Phi) is 4.37. The molecule has 1 aromatic carbocycles. The van der Waals surface area contributed by atoms with Gasteiger partial charge in [-0.05, 0) is 75.1 Å². The number of rotatable bonds is 4. The van der Waals surface area contributed by atoms with Gasteiger partial charge in [0.15, 0.2) is 0 Å². The molecule has 2 atom stereocenters. The Morgan fingerprint density at radius 2 is 2.10 bits per heavy atom. The van der Waals surface area contributed by atoms with Gasteiger partial charge in [-0.25, -0.2) is 0 Å². The highest BCUT2D eigenvalue weighted by Gasteiger charge is 2.44. The van der Waals surface area contributed by atoms with Gasteiger partial charge < -0.3 is 10.1 Å². The van der Waals surface area contributed by atoms with Crippen LogP contribution in [0, 0.1) is 19.8 Å². The molecule has 2 unspecified atom stereocenters. The van der Waals surface area contributed by atoms with Gasteiger partial charge in [0.2, 0.25) is 0 Å². The fourth-order valence-electron chi connectivity index (χ4n) is 4.00. The van der Waals surface area contributed by atoms with Gasteiger partial charge in [0.1, 0.15) is 0 Å². The molecule has 0 aromatic heterocycles. The van der Waals surface area contributed by atoms with Crippen molar-refractivity contribution in [1.82, 2.24) is 5.32 Å². The van der Waals surface area contributed by atoms with E-state index < -0.39 is 0 Å². The summed E-state index contributed by atoms with van der Waals surface area (Å²) >= 11 is 0. The summed E-state index contributed by atoms with van der Waals surface area (Å²) in [4.78, 5) is 0. The molecule has 1 aliphatic heterocycles. The molecule has 1 spiro atoms. The second-order valence-electron chi connectivity index (χ2n) is 7.02. The number of hydrogen-bond donors (Lipinski definition) is 1. The van der Waals surface area contributed by atoms with Crippen LogP contribution in [0.5, 0.6) is 0 Å². The van der Waals surface area contributed by atoms with E-state index in [0.29, 0.717) is 12.0 Å². The third kappa shape index (κ3) is 3.02. The van der Waals surface area contributed by atoms with E-state index in [1.54, 1.807) is 0 Å². The molecule has 1 aromatic rings. The van der Waals surface area contributed by atoms with E-state index in [9.17, 15) is 0 Å². The molecule has 2 fully saturated rings. The first-order chi connectivity index (χ1) is 10.1. The van der Waals surface area contributed by atoms with E-state index in [2.05, 4.69) is 44.3 Å². The Hall–Kier alpha value is -0.860. The fourth-order valence-corrected chi connectivity index (χ4v) is 4.00. The van der Waals surface area contributed by atoms with Crippen LogP contribution in [0.4, 0.5) is 0 Å². The van der Waals surface area contributed by atoms with Crippen molar-refractivity contribution in [2.45, 2.75) is 64.5 Å². The Labute approximate surface area is 129 Å². The highest BCUT2D eigenvalue weighted by molar-refractivity contribution is 5.32. The van der Waals surface area contributed by atoms with Crippen LogP contribution < -0.4 is 5.32 Å². The van der Waals surface area contributed by atoms with Crippen molar-refractivity contribution in [2.24, 2.45) is 5.92 Å². The fraction of sp³-hybridized carbons (Fsp3) is 0.684. The second kappa shape index (κ2) is 6.10. The lowest BCUT2D eigenvalue weighted by molar-refractivity contribution is -0.147. The second-order valence-corrected chi connectivity index (χ2v) is 7.02. The lowest BCUT2D eigenvalue weighted by atomic mass is 9.69. The minimum atomic E-state index is 0.232. The molecule has 21 heavy (non-hydrogen) atoms. The zero-order valence-corrected chi connectivity index (χ0v) is 13.7. The Morgan fingerprint density at radius 1 is 1.29 bits per heavy atom. The van der Waals surface area contributed by atoms with Crippen molar-refractivity contribution in [3.8, 4) is 0 Å². The van der Waals surface area contributed by atoms with E-state index in [0.717, 1.165) is 13.2 Å². The molecule has 2 aliphatic rings. The van der Waals surface area contributed by atoms with Gasteiger partial charge >= 0.3 is 0 Å². The largest absolute Gasteiger partial charge is 0.375 e. The summed E-state index contributed by atoms with van der Waals surface area (Å²) in [5, 5.41) is 3.75. The van der Waals surface area contributed by atoms with Crippen LogP contribution in [-0.4, -0.2) is 18.8 Å². The summed E-state index contributed by atoms with van der Waals surface area (Å²) < 4.78 is 6.11. The molecule has 0 amide bonds. The lowest BCUT2D eigenvalue weighted by Crippen LogP contribution is -2.48. The Bertz CT molecular complexity index is 492. The predicted molar refractivity (Wildman–Crippen MR) is 87.6 cm³/mol. The Morgan fingerprint density at radius 3 is 2.71 bits per heavy atom. The summed E-state index contributed by atoms with van der Waals surface area (Å²) in [6.45, 7) is 8.60. The molecule has 1 N–H and O–H groups in total. The maximum atomic E-state index is 6.11. The standard InChI is InChI=1S/C19H29NO/c1-4-20-18(16-7-6-14(2)15(3)12-16)17-8-11-21-19(13-17)9-5-10-19/h6-7,12,17-18,20H,4-5,8-11,13H2,1-3H3. The highest BCUT2D eigenvalue weighted by Crippen LogP contribution is 2.47. The van der Waals surface area contributed by atoms with Crippen LogP contribution in [0.15, 0.2) is 18.2 Å². The third-order valence-electron chi connectivity index (χ3n) is 5.58. The van der Waals surface area contributed by atoms with E-state index in [1.807, 2.05) is 0 Å². The number of ether oxygens (including phenoxy) is 1. The van der Waals surface area contributed by atoms with E-state index in [-0.39, 0.29) is 5.60 Å². The van der Waals surface area contributed by atoms with E-state index in [4.69, 9.17) is 4.74 Å². The van der Waals surface area contributed by atoms with Crippen LogP contribution in [0.1, 0.15) is 61.8 Å². The van der Waals surface area contributed by atoms with E-state index >= 15 is 0 Å². The molecule has 1 saturated heterocycles. The molecule has 2 heteroatoms. The molecule has 1 saturated carbocycles. The van der Waals surface area contributed by atoms with Gasteiger partial charge in [0.25, 0.3) is 0 Å². The topological polar surface area (TPSA) is 21.3 Å². The maximum absolute atomic E-state index is 6.11. The van der Waals surface area contributed by atoms with Crippen LogP contribution in [0.25, 0.3) is 0 Å². The zero-order valence-electron chi connectivity index (χ0n) is 13.7. The van der Waals surface area contributed by atoms with Crippen LogP contribution >= 0.6 is 0 Å². The van der Waals surface area contributed by atoms with Crippen molar-refractivity contribution >= 4 is 0 Å². The number of aryl methyl sites for hydroxylation is 2. The molecular formula is C19H29NO. The number of nitrogens with one attached hydrogen (secondary N) is 1. The average Bonchev–Trinajstić information content (AvgIpc) is 2.46. The van der Waals surface area contributed by atoms with E-state index in [1.165, 1.54) is 48.8 Å². The first-order valence-corrected chi connectivity index (χ1v) is 8.58. The monoisotopic (exact) mass is 287 g/mol. The minimum absolute atomic E-state index is 0.232. The van der Waals surface area contributed by atoms with Crippen LogP contribution in [0.2, 0.25) is 0 Å². The van der Waals surface area contributed by atoms with Gasteiger partial charge in [-0.2, -0.15) is 0 Å². The summed E-state index contributed by atoms with van der Waals surface area (Å²) in [5.41, 5.74) is 4.48. The van der Waals surface area contributed by atoms with Crippen molar-refractivity contribution in [2.75, 3.05) is 13.2 Å². The van der Waals surface area contributed by atoms with Crippen LogP contribution in [-0.2, 0) is 4.74 Å². The minimum Gasteiger partial charge on any atom is -0.375 e. The Balaban J connectivity index is 1.81. The molecular weight excluding hydrogens is 258 g/mol. The quantitative estimate of drug-likeness (QED) is 0.891. The van der Waals surface area contributed by atoms with Crippen molar-refractivity contribution in [3.05, 3.63) is 34.9 Å².